The third kappa shape index (κ3) is 5.44. The molecule has 3 amide bonds. The van der Waals surface area contributed by atoms with E-state index in [1.54, 1.807) is 59.7 Å². The predicted octanol–water partition coefficient (Wildman–Crippen LogP) is 3.23. The summed E-state index contributed by atoms with van der Waals surface area (Å²) in [5.41, 5.74) is 5.50. The third-order valence-electron chi connectivity index (χ3n) is 4.77. The SMILES string of the molecule is CC(C)(C)OC(=O)N1CCN(C(=O)c2cn(C(=O)OC(C)(C)C)c3cc(N)ccc23)CC1=O. The van der Waals surface area contributed by atoms with Gasteiger partial charge in [0.15, 0.2) is 0 Å². The highest BCUT2D eigenvalue weighted by Gasteiger charge is 2.35. The minimum atomic E-state index is -0.740. The van der Waals surface area contributed by atoms with E-state index in [0.717, 1.165) is 4.90 Å². The van der Waals surface area contributed by atoms with Crippen molar-refractivity contribution in [2.45, 2.75) is 52.7 Å². The number of ether oxygens (including phenoxy) is 2. The standard InChI is InChI=1S/C23H30N4O6/c1-22(2,3)32-20(30)26-10-9-25(13-18(26)28)19(29)16-12-27(21(31)33-23(4,5)6)17-11-14(24)7-8-15(16)17/h7-8,11-12H,9-10,13,24H2,1-6H3. The Hall–Kier alpha value is -3.56. The Morgan fingerprint density at radius 1 is 0.939 bits per heavy atom. The summed E-state index contributed by atoms with van der Waals surface area (Å²) < 4.78 is 12.0. The van der Waals surface area contributed by atoms with E-state index in [-0.39, 0.29) is 25.2 Å². The van der Waals surface area contributed by atoms with Gasteiger partial charge >= 0.3 is 12.2 Å². The van der Waals surface area contributed by atoms with Crippen molar-refractivity contribution in [2.24, 2.45) is 0 Å². The van der Waals surface area contributed by atoms with Crippen molar-refractivity contribution < 1.29 is 28.7 Å². The van der Waals surface area contributed by atoms with E-state index in [0.29, 0.717) is 16.6 Å². The molecule has 33 heavy (non-hydrogen) atoms. The quantitative estimate of drug-likeness (QED) is 0.651. The summed E-state index contributed by atoms with van der Waals surface area (Å²) in [6, 6.07) is 4.86. The highest BCUT2D eigenvalue weighted by molar-refractivity contribution is 6.10. The van der Waals surface area contributed by atoms with Crippen LogP contribution in [0.2, 0.25) is 0 Å². The van der Waals surface area contributed by atoms with Gasteiger partial charge in [0.2, 0.25) is 0 Å². The minimum absolute atomic E-state index is 0.0111. The first-order chi connectivity index (χ1) is 15.2. The highest BCUT2D eigenvalue weighted by atomic mass is 16.6. The molecule has 10 heteroatoms. The molecular formula is C23H30N4O6. The van der Waals surface area contributed by atoms with E-state index in [4.69, 9.17) is 15.2 Å². The maximum Gasteiger partial charge on any atom is 0.419 e. The first kappa shape index (κ1) is 24.1. The molecule has 0 saturated carbocycles. The van der Waals surface area contributed by atoms with E-state index in [9.17, 15) is 19.2 Å². The molecule has 0 spiro atoms. The number of hydrogen-bond donors (Lipinski definition) is 1. The van der Waals surface area contributed by atoms with Crippen LogP contribution in [0.25, 0.3) is 10.9 Å². The number of hydrogen-bond acceptors (Lipinski definition) is 7. The van der Waals surface area contributed by atoms with Crippen LogP contribution < -0.4 is 5.73 Å². The lowest BCUT2D eigenvalue weighted by Crippen LogP contribution is -2.55. The number of nitrogen functional groups attached to an aromatic ring is 1. The number of carbonyl (C=O) groups is 4. The van der Waals surface area contributed by atoms with Crippen LogP contribution in [0.5, 0.6) is 0 Å². The first-order valence-corrected chi connectivity index (χ1v) is 10.6. The van der Waals surface area contributed by atoms with E-state index >= 15 is 0 Å². The maximum absolute atomic E-state index is 13.3. The maximum atomic E-state index is 13.3. The third-order valence-corrected chi connectivity index (χ3v) is 4.77. The molecule has 2 aromatic rings. The minimum Gasteiger partial charge on any atom is -0.443 e. The predicted molar refractivity (Wildman–Crippen MR) is 122 cm³/mol. The van der Waals surface area contributed by atoms with Crippen LogP contribution in [0.1, 0.15) is 51.9 Å². The van der Waals surface area contributed by atoms with E-state index in [1.807, 2.05) is 0 Å². The van der Waals surface area contributed by atoms with Gasteiger partial charge in [0.1, 0.15) is 17.7 Å². The molecule has 0 radical (unpaired) electrons. The second kappa shape index (κ2) is 8.42. The van der Waals surface area contributed by atoms with E-state index in [1.165, 1.54) is 15.7 Å². The number of carbonyl (C=O) groups excluding carboxylic acids is 4. The number of nitrogens with zero attached hydrogens (tertiary/aromatic N) is 3. The average molecular weight is 459 g/mol. The molecule has 1 aliphatic rings. The number of amides is 3. The van der Waals surface area contributed by atoms with E-state index < -0.39 is 35.2 Å². The number of anilines is 1. The molecule has 2 N–H and O–H groups in total. The van der Waals surface area contributed by atoms with Gasteiger partial charge in [-0.25, -0.2) is 14.5 Å². The van der Waals surface area contributed by atoms with Crippen molar-refractivity contribution in [3.05, 3.63) is 30.0 Å². The fourth-order valence-corrected chi connectivity index (χ4v) is 3.40. The van der Waals surface area contributed by atoms with Gasteiger partial charge in [-0.15, -0.1) is 0 Å². The van der Waals surface area contributed by atoms with Gasteiger partial charge in [-0.3, -0.25) is 14.2 Å². The summed E-state index contributed by atoms with van der Waals surface area (Å²) >= 11 is 0. The number of nitrogens with two attached hydrogens (primary N) is 1. The normalized spacial score (nSPS) is 15.0. The number of benzene rings is 1. The molecule has 1 aromatic heterocycles. The summed E-state index contributed by atoms with van der Waals surface area (Å²) in [4.78, 5) is 53.3. The molecule has 0 atom stereocenters. The summed E-state index contributed by atoms with van der Waals surface area (Å²) in [7, 11) is 0. The summed E-state index contributed by atoms with van der Waals surface area (Å²) in [5.74, 6) is -0.978. The van der Waals surface area contributed by atoms with Crippen LogP contribution >= 0.6 is 0 Å². The average Bonchev–Trinajstić information content (AvgIpc) is 3.03. The number of piperazine rings is 1. The van der Waals surface area contributed by atoms with Crippen molar-refractivity contribution in [2.75, 3.05) is 25.4 Å². The number of fused-ring (bicyclic) bond motifs is 1. The van der Waals surface area contributed by atoms with Crippen molar-refractivity contribution in [3.63, 3.8) is 0 Å². The van der Waals surface area contributed by atoms with Gasteiger partial charge in [-0.05, 0) is 59.7 Å². The van der Waals surface area contributed by atoms with Gasteiger partial charge in [-0.2, -0.15) is 0 Å². The second-order valence-corrected chi connectivity index (χ2v) is 9.92. The molecular weight excluding hydrogens is 428 g/mol. The molecule has 2 heterocycles. The molecule has 1 fully saturated rings. The van der Waals surface area contributed by atoms with Crippen LogP contribution in [0, 0.1) is 0 Å². The van der Waals surface area contributed by atoms with Crippen molar-refractivity contribution in [1.29, 1.82) is 0 Å². The lowest BCUT2D eigenvalue weighted by Gasteiger charge is -2.34. The molecule has 0 bridgehead atoms. The fraction of sp³-hybridized carbons (Fsp3) is 0.478. The Morgan fingerprint density at radius 3 is 2.12 bits per heavy atom. The monoisotopic (exact) mass is 458 g/mol. The first-order valence-electron chi connectivity index (χ1n) is 10.6. The van der Waals surface area contributed by atoms with Crippen molar-refractivity contribution in [3.8, 4) is 0 Å². The molecule has 178 valence electrons. The molecule has 0 unspecified atom stereocenters. The summed E-state index contributed by atoms with van der Waals surface area (Å²) in [5, 5.41) is 0.502. The lowest BCUT2D eigenvalue weighted by atomic mass is 10.1. The van der Waals surface area contributed by atoms with E-state index in [2.05, 4.69) is 0 Å². The fourth-order valence-electron chi connectivity index (χ4n) is 3.40. The summed E-state index contributed by atoms with van der Waals surface area (Å²) in [6.07, 6.45) is 0.00479. The van der Waals surface area contributed by atoms with Crippen LogP contribution in [0.15, 0.2) is 24.4 Å². The lowest BCUT2D eigenvalue weighted by molar-refractivity contribution is -0.133. The highest BCUT2D eigenvalue weighted by Crippen LogP contribution is 2.27. The van der Waals surface area contributed by atoms with Crippen LogP contribution in [-0.4, -0.2) is 69.2 Å². The molecule has 1 aliphatic heterocycles. The molecule has 1 saturated heterocycles. The Morgan fingerprint density at radius 2 is 1.55 bits per heavy atom. The van der Waals surface area contributed by atoms with Crippen molar-refractivity contribution >= 4 is 40.6 Å². The van der Waals surface area contributed by atoms with Gasteiger partial charge in [0, 0.05) is 30.4 Å². The Balaban J connectivity index is 1.87. The van der Waals surface area contributed by atoms with Gasteiger partial charge in [0.25, 0.3) is 11.8 Å². The number of imide groups is 1. The van der Waals surface area contributed by atoms with Gasteiger partial charge < -0.3 is 20.1 Å². The smallest absolute Gasteiger partial charge is 0.419 e. The topological polar surface area (TPSA) is 124 Å². The van der Waals surface area contributed by atoms with Crippen molar-refractivity contribution in [1.82, 2.24) is 14.4 Å². The zero-order valence-corrected chi connectivity index (χ0v) is 19.8. The molecule has 1 aromatic carbocycles. The Kier molecular flexibility index (Phi) is 6.14. The molecule has 10 nitrogen and oxygen atoms in total. The Bertz CT molecular complexity index is 1120. The van der Waals surface area contributed by atoms with Gasteiger partial charge in [-0.1, -0.05) is 0 Å². The van der Waals surface area contributed by atoms with Crippen LogP contribution in [0.3, 0.4) is 0 Å². The second-order valence-electron chi connectivity index (χ2n) is 9.92. The molecule has 3 rings (SSSR count). The zero-order chi connectivity index (χ0) is 24.7. The Labute approximate surface area is 192 Å². The largest absolute Gasteiger partial charge is 0.443 e. The summed E-state index contributed by atoms with van der Waals surface area (Å²) in [6.45, 7) is 10.2. The number of rotatable bonds is 1. The van der Waals surface area contributed by atoms with Crippen LogP contribution in [0.4, 0.5) is 15.3 Å². The zero-order valence-electron chi connectivity index (χ0n) is 19.8. The van der Waals surface area contributed by atoms with Crippen LogP contribution in [-0.2, 0) is 14.3 Å². The molecule has 0 aliphatic carbocycles. The number of aromatic nitrogens is 1. The van der Waals surface area contributed by atoms with Gasteiger partial charge in [0.05, 0.1) is 11.1 Å².